The molecule has 0 aliphatic rings. The van der Waals surface area contributed by atoms with Crippen LogP contribution in [0.4, 0.5) is 0 Å². The fraction of sp³-hybridized carbons (Fsp3) is 0.727. The summed E-state index contributed by atoms with van der Waals surface area (Å²) in [5.41, 5.74) is 1.12. The van der Waals surface area contributed by atoms with Crippen LogP contribution in [0.5, 0.6) is 0 Å². The van der Waals surface area contributed by atoms with Crippen LogP contribution in [0.3, 0.4) is 0 Å². The Labute approximate surface area is 104 Å². The lowest BCUT2D eigenvalue weighted by atomic mass is 10.2. The van der Waals surface area contributed by atoms with Crippen molar-refractivity contribution in [3.05, 3.63) is 16.1 Å². The van der Waals surface area contributed by atoms with Gasteiger partial charge in [-0.1, -0.05) is 13.8 Å². The normalized spacial score (nSPS) is 13.2. The molecule has 1 unspecified atom stereocenters. The second kappa shape index (κ2) is 7.14. The Hall–Kier alpha value is -0.260. The van der Waals surface area contributed by atoms with Crippen LogP contribution in [-0.4, -0.2) is 27.7 Å². The maximum absolute atomic E-state index is 10.8. The Balaban J connectivity index is 2.19. The van der Waals surface area contributed by atoms with E-state index in [-0.39, 0.29) is 0 Å². The minimum atomic E-state index is -0.669. The van der Waals surface area contributed by atoms with Crippen molar-refractivity contribution in [3.63, 3.8) is 0 Å². The number of thiazole rings is 1. The summed E-state index contributed by atoms with van der Waals surface area (Å²) in [6, 6.07) is 0. The first-order chi connectivity index (χ1) is 7.59. The van der Waals surface area contributed by atoms with E-state index in [1.165, 1.54) is 5.01 Å². The number of rotatable bonds is 7. The van der Waals surface area contributed by atoms with Crippen LogP contribution in [0.2, 0.25) is 0 Å². The molecule has 16 heavy (non-hydrogen) atoms. The maximum Gasteiger partial charge on any atom is 0.0954 e. The van der Waals surface area contributed by atoms with E-state index in [1.54, 1.807) is 17.6 Å². The number of hydrogen-bond acceptors (Lipinski definition) is 4. The highest BCUT2D eigenvalue weighted by molar-refractivity contribution is 7.84. The summed E-state index contributed by atoms with van der Waals surface area (Å²) in [6.07, 6.45) is 2.71. The topological polar surface area (TPSA) is 42.0 Å². The summed E-state index contributed by atoms with van der Waals surface area (Å²) in [6.45, 7) is 6.05. The molecule has 1 rings (SSSR count). The van der Waals surface area contributed by atoms with E-state index in [4.69, 9.17) is 0 Å². The molecule has 0 bridgehead atoms. The number of nitrogens with zero attached hydrogens (tertiary/aromatic N) is 1. The zero-order valence-electron chi connectivity index (χ0n) is 10.2. The van der Waals surface area contributed by atoms with Crippen molar-refractivity contribution >= 4 is 22.1 Å². The molecule has 5 heteroatoms. The highest BCUT2D eigenvalue weighted by Gasteiger charge is 2.04. The monoisotopic (exact) mass is 260 g/mol. The predicted octanol–water partition coefficient (Wildman–Crippen LogP) is 2.12. The Morgan fingerprint density at radius 1 is 1.56 bits per heavy atom. The van der Waals surface area contributed by atoms with Crippen LogP contribution in [0, 0.1) is 0 Å². The van der Waals surface area contributed by atoms with Crippen LogP contribution >= 0.6 is 11.3 Å². The first kappa shape index (κ1) is 13.8. The molecule has 0 radical (unpaired) electrons. The van der Waals surface area contributed by atoms with Crippen molar-refractivity contribution in [2.75, 3.05) is 18.6 Å². The van der Waals surface area contributed by atoms with Gasteiger partial charge in [-0.05, 0) is 13.0 Å². The molecule has 0 aliphatic heterocycles. The summed E-state index contributed by atoms with van der Waals surface area (Å²) in [5.74, 6) is 1.29. The molecule has 0 aliphatic carbocycles. The second-order valence-corrected chi connectivity index (χ2v) is 6.58. The molecule has 1 aromatic rings. The van der Waals surface area contributed by atoms with E-state index >= 15 is 0 Å². The Morgan fingerprint density at radius 3 is 2.88 bits per heavy atom. The van der Waals surface area contributed by atoms with Gasteiger partial charge in [0.15, 0.2) is 0 Å². The molecular formula is C11H20N2OS2. The van der Waals surface area contributed by atoms with Crippen LogP contribution in [0.15, 0.2) is 5.38 Å². The summed E-state index contributed by atoms with van der Waals surface area (Å²) < 4.78 is 10.8. The third-order valence-electron chi connectivity index (χ3n) is 2.15. The van der Waals surface area contributed by atoms with E-state index in [0.717, 1.165) is 31.0 Å². The van der Waals surface area contributed by atoms with Gasteiger partial charge < -0.3 is 5.32 Å². The predicted molar refractivity (Wildman–Crippen MR) is 71.5 cm³/mol. The Kier molecular flexibility index (Phi) is 6.16. The van der Waals surface area contributed by atoms with E-state index in [0.29, 0.717) is 5.92 Å². The van der Waals surface area contributed by atoms with Gasteiger partial charge in [-0.25, -0.2) is 4.98 Å². The zero-order valence-corrected chi connectivity index (χ0v) is 11.8. The van der Waals surface area contributed by atoms with Gasteiger partial charge in [-0.15, -0.1) is 11.3 Å². The lowest BCUT2D eigenvalue weighted by Crippen LogP contribution is -2.16. The molecule has 1 heterocycles. The van der Waals surface area contributed by atoms with Gasteiger partial charge >= 0.3 is 0 Å². The fourth-order valence-corrected chi connectivity index (χ4v) is 2.67. The maximum atomic E-state index is 10.8. The van der Waals surface area contributed by atoms with Gasteiger partial charge in [0.2, 0.25) is 0 Å². The van der Waals surface area contributed by atoms with Crippen molar-refractivity contribution < 1.29 is 4.21 Å². The molecular weight excluding hydrogens is 240 g/mol. The minimum absolute atomic E-state index is 0.515. The third-order valence-corrected chi connectivity index (χ3v) is 4.21. The number of hydrogen-bond donors (Lipinski definition) is 1. The highest BCUT2D eigenvalue weighted by Crippen LogP contribution is 2.18. The van der Waals surface area contributed by atoms with Gasteiger partial charge in [0.1, 0.15) is 0 Å². The molecule has 0 spiro atoms. The summed E-state index contributed by atoms with van der Waals surface area (Å²) >= 11 is 1.73. The first-order valence-corrected chi connectivity index (χ1v) is 8.15. The zero-order chi connectivity index (χ0) is 12.0. The van der Waals surface area contributed by atoms with Crippen molar-refractivity contribution in [3.8, 4) is 0 Å². The van der Waals surface area contributed by atoms with E-state index in [2.05, 4.69) is 29.5 Å². The van der Waals surface area contributed by atoms with Crippen LogP contribution < -0.4 is 5.32 Å². The van der Waals surface area contributed by atoms with Crippen LogP contribution in [-0.2, 0) is 17.3 Å². The van der Waals surface area contributed by atoms with Gasteiger partial charge in [-0.3, -0.25) is 4.21 Å². The average Bonchev–Trinajstić information content (AvgIpc) is 2.65. The smallest absolute Gasteiger partial charge is 0.0954 e. The quantitative estimate of drug-likeness (QED) is 0.764. The van der Waals surface area contributed by atoms with Gasteiger partial charge in [0.25, 0.3) is 0 Å². The van der Waals surface area contributed by atoms with Gasteiger partial charge in [-0.2, -0.15) is 0 Å². The number of nitrogens with one attached hydrogen (secondary N) is 1. The molecule has 1 N–H and O–H groups in total. The summed E-state index contributed by atoms with van der Waals surface area (Å²) in [5, 5.41) is 6.63. The number of aromatic nitrogens is 1. The van der Waals surface area contributed by atoms with Crippen molar-refractivity contribution in [1.29, 1.82) is 0 Å². The van der Waals surface area contributed by atoms with E-state index in [1.807, 2.05) is 0 Å². The van der Waals surface area contributed by atoms with E-state index < -0.39 is 10.8 Å². The first-order valence-electron chi connectivity index (χ1n) is 5.54. The largest absolute Gasteiger partial charge is 0.311 e. The molecule has 0 aromatic carbocycles. The Bertz CT molecular complexity index is 336. The van der Waals surface area contributed by atoms with E-state index in [9.17, 15) is 4.21 Å². The molecule has 3 nitrogen and oxygen atoms in total. The van der Waals surface area contributed by atoms with Crippen molar-refractivity contribution in [2.24, 2.45) is 0 Å². The summed E-state index contributed by atoms with van der Waals surface area (Å²) in [7, 11) is -0.669. The molecule has 92 valence electrons. The lowest BCUT2D eigenvalue weighted by molar-refractivity contribution is 0.655. The molecule has 0 saturated heterocycles. The van der Waals surface area contributed by atoms with Crippen molar-refractivity contribution in [2.45, 2.75) is 32.7 Å². The van der Waals surface area contributed by atoms with Gasteiger partial charge in [0.05, 0.1) is 10.7 Å². The van der Waals surface area contributed by atoms with Gasteiger partial charge in [0, 0.05) is 40.7 Å². The van der Waals surface area contributed by atoms with Crippen LogP contribution in [0.1, 0.15) is 36.9 Å². The molecule has 1 aromatic heterocycles. The molecule has 0 amide bonds. The fourth-order valence-electron chi connectivity index (χ4n) is 1.29. The average molecular weight is 260 g/mol. The van der Waals surface area contributed by atoms with Crippen LogP contribution in [0.25, 0.3) is 0 Å². The summed E-state index contributed by atoms with van der Waals surface area (Å²) in [4.78, 5) is 4.54. The molecule has 1 atom stereocenters. The SMILES string of the molecule is CC(C)c1nc(CNCCCS(C)=O)cs1. The molecule has 0 saturated carbocycles. The second-order valence-electron chi connectivity index (χ2n) is 4.14. The van der Waals surface area contributed by atoms with Crippen molar-refractivity contribution in [1.82, 2.24) is 10.3 Å². The molecule has 0 fully saturated rings. The standard InChI is InChI=1S/C11H20N2OS2/c1-9(2)11-13-10(8-15-11)7-12-5-4-6-16(3)14/h8-9,12H,4-7H2,1-3H3. The third kappa shape index (κ3) is 5.18. The Morgan fingerprint density at radius 2 is 2.31 bits per heavy atom. The highest BCUT2D eigenvalue weighted by atomic mass is 32.2. The lowest BCUT2D eigenvalue weighted by Gasteiger charge is -2.01. The minimum Gasteiger partial charge on any atom is -0.311 e.